The van der Waals surface area contributed by atoms with E-state index in [4.69, 9.17) is 5.11 Å². The average Bonchev–Trinajstić information content (AvgIpc) is 2.37. The highest BCUT2D eigenvalue weighted by Gasteiger charge is 2.10. The zero-order valence-electron chi connectivity index (χ0n) is 12.1. The van der Waals surface area contributed by atoms with Crippen LogP contribution in [-0.4, -0.2) is 38.5 Å². The molecule has 3 N–H and O–H groups in total. The van der Waals surface area contributed by atoms with E-state index in [2.05, 4.69) is 10.0 Å². The topological polar surface area (TPSA) is 78.4 Å². The quantitative estimate of drug-likeness (QED) is 0.602. The van der Waals surface area contributed by atoms with Gasteiger partial charge in [-0.3, -0.25) is 4.72 Å². The highest BCUT2D eigenvalue weighted by Crippen LogP contribution is 2.12. The number of nitrogens with one attached hydrogen (secondary N) is 2. The molecule has 114 valence electrons. The summed E-state index contributed by atoms with van der Waals surface area (Å²) >= 11 is 0. The van der Waals surface area contributed by atoms with Gasteiger partial charge in [0, 0.05) is 18.3 Å². The largest absolute Gasteiger partial charge is 0.396 e. The van der Waals surface area contributed by atoms with Gasteiger partial charge < -0.3 is 10.4 Å². The summed E-state index contributed by atoms with van der Waals surface area (Å²) < 4.78 is 26.3. The van der Waals surface area contributed by atoms with Crippen LogP contribution < -0.4 is 10.0 Å². The summed E-state index contributed by atoms with van der Waals surface area (Å²) in [6.07, 6.45) is 1.16. The van der Waals surface area contributed by atoms with E-state index in [-0.39, 0.29) is 12.4 Å². The summed E-state index contributed by atoms with van der Waals surface area (Å²) in [5.41, 5.74) is 1.54. The van der Waals surface area contributed by atoms with Crippen LogP contribution in [0.25, 0.3) is 0 Å². The predicted molar refractivity (Wildman–Crippen MR) is 82.4 cm³/mol. The van der Waals surface area contributed by atoms with Gasteiger partial charge >= 0.3 is 0 Å². The van der Waals surface area contributed by atoms with Crippen molar-refractivity contribution < 1.29 is 13.5 Å². The van der Waals surface area contributed by atoms with Crippen LogP contribution >= 0.6 is 0 Å². The average molecular weight is 300 g/mol. The number of aliphatic hydroxyl groups excluding tert-OH is 1. The molecule has 0 heterocycles. The van der Waals surface area contributed by atoms with Crippen molar-refractivity contribution in [3.8, 4) is 0 Å². The molecule has 0 atom stereocenters. The third kappa shape index (κ3) is 6.88. The van der Waals surface area contributed by atoms with Crippen LogP contribution in [0, 0.1) is 0 Å². The first-order chi connectivity index (χ1) is 9.43. The van der Waals surface area contributed by atoms with Crippen LogP contribution in [0.5, 0.6) is 0 Å². The number of anilines is 1. The Hall–Kier alpha value is -1.11. The maximum atomic E-state index is 11.9. The molecule has 1 aromatic carbocycles. The van der Waals surface area contributed by atoms with Gasteiger partial charge in [-0.05, 0) is 37.1 Å². The molecule has 0 aliphatic carbocycles. The molecule has 0 aromatic heterocycles. The lowest BCUT2D eigenvalue weighted by Gasteiger charge is -2.10. The van der Waals surface area contributed by atoms with E-state index in [1.54, 1.807) is 12.1 Å². The van der Waals surface area contributed by atoms with E-state index >= 15 is 0 Å². The lowest BCUT2D eigenvalue weighted by atomic mass is 10.1. The van der Waals surface area contributed by atoms with Crippen LogP contribution in [0.4, 0.5) is 5.69 Å². The van der Waals surface area contributed by atoms with Gasteiger partial charge in [0.25, 0.3) is 0 Å². The normalized spacial score (nSPS) is 11.8. The van der Waals surface area contributed by atoms with Gasteiger partial charge in [0.15, 0.2) is 0 Å². The molecule has 0 unspecified atom stereocenters. The lowest BCUT2D eigenvalue weighted by Crippen LogP contribution is -2.26. The Bertz CT molecular complexity index is 484. The molecule has 1 aromatic rings. The zero-order chi connectivity index (χ0) is 15.0. The third-order valence-corrected chi connectivity index (χ3v) is 4.14. The Morgan fingerprint density at radius 2 is 1.85 bits per heavy atom. The van der Waals surface area contributed by atoms with Crippen molar-refractivity contribution in [2.45, 2.75) is 32.7 Å². The number of rotatable bonds is 9. The molecule has 0 spiro atoms. The Morgan fingerprint density at radius 1 is 1.20 bits per heavy atom. The molecule has 0 aliphatic rings. The lowest BCUT2D eigenvalue weighted by molar-refractivity contribution is 0.299. The molecule has 0 bridgehead atoms. The van der Waals surface area contributed by atoms with E-state index in [1.165, 1.54) is 0 Å². The molecule has 0 saturated heterocycles. The molecule has 0 amide bonds. The summed E-state index contributed by atoms with van der Waals surface area (Å²) in [6, 6.07) is 7.43. The first-order valence-corrected chi connectivity index (χ1v) is 8.52. The molecule has 20 heavy (non-hydrogen) atoms. The third-order valence-electron chi connectivity index (χ3n) is 2.77. The second-order valence-corrected chi connectivity index (χ2v) is 6.90. The fourth-order valence-electron chi connectivity index (χ4n) is 1.75. The second-order valence-electron chi connectivity index (χ2n) is 5.05. The maximum absolute atomic E-state index is 11.9. The van der Waals surface area contributed by atoms with E-state index in [9.17, 15) is 8.42 Å². The van der Waals surface area contributed by atoms with Gasteiger partial charge in [0.05, 0.1) is 5.75 Å². The zero-order valence-corrected chi connectivity index (χ0v) is 12.9. The Morgan fingerprint density at radius 3 is 2.40 bits per heavy atom. The SMILES string of the molecule is CC(C)NCCCS(=O)(=O)Nc1ccc(CCO)cc1. The molecular weight excluding hydrogens is 276 g/mol. The van der Waals surface area contributed by atoms with Crippen molar-refractivity contribution in [3.63, 3.8) is 0 Å². The maximum Gasteiger partial charge on any atom is 0.232 e. The minimum atomic E-state index is -3.30. The smallest absolute Gasteiger partial charge is 0.232 e. The molecule has 0 aliphatic heterocycles. The molecule has 0 saturated carbocycles. The van der Waals surface area contributed by atoms with E-state index in [0.717, 1.165) is 5.56 Å². The molecule has 6 heteroatoms. The molecule has 0 fully saturated rings. The van der Waals surface area contributed by atoms with Gasteiger partial charge in [-0.15, -0.1) is 0 Å². The minimum absolute atomic E-state index is 0.0912. The summed E-state index contributed by atoms with van der Waals surface area (Å²) in [5.74, 6) is 0.102. The van der Waals surface area contributed by atoms with Crippen LogP contribution in [0.1, 0.15) is 25.8 Å². The van der Waals surface area contributed by atoms with Gasteiger partial charge in [0.1, 0.15) is 0 Å². The molecule has 0 radical (unpaired) electrons. The fourth-order valence-corrected chi connectivity index (χ4v) is 2.87. The van der Waals surface area contributed by atoms with Crippen LogP contribution in [-0.2, 0) is 16.4 Å². The van der Waals surface area contributed by atoms with Crippen molar-refractivity contribution in [1.82, 2.24) is 5.32 Å². The van der Waals surface area contributed by atoms with Gasteiger partial charge in [0.2, 0.25) is 10.0 Å². The minimum Gasteiger partial charge on any atom is -0.396 e. The number of benzene rings is 1. The number of aliphatic hydroxyl groups is 1. The monoisotopic (exact) mass is 300 g/mol. The van der Waals surface area contributed by atoms with Crippen LogP contribution in [0.2, 0.25) is 0 Å². The first kappa shape index (κ1) is 16.9. The summed E-state index contributed by atoms with van der Waals surface area (Å²) in [7, 11) is -3.30. The molecule has 5 nitrogen and oxygen atoms in total. The van der Waals surface area contributed by atoms with Crippen molar-refractivity contribution in [2.75, 3.05) is 23.6 Å². The summed E-state index contributed by atoms with van der Waals surface area (Å²) in [5, 5.41) is 12.0. The van der Waals surface area contributed by atoms with Crippen molar-refractivity contribution in [3.05, 3.63) is 29.8 Å². The van der Waals surface area contributed by atoms with Gasteiger partial charge in [-0.25, -0.2) is 8.42 Å². The van der Waals surface area contributed by atoms with Crippen molar-refractivity contribution in [1.29, 1.82) is 0 Å². The first-order valence-electron chi connectivity index (χ1n) is 6.86. The number of hydrogen-bond acceptors (Lipinski definition) is 4. The number of hydrogen-bond donors (Lipinski definition) is 3. The highest BCUT2D eigenvalue weighted by molar-refractivity contribution is 7.92. The fraction of sp³-hybridized carbons (Fsp3) is 0.571. The van der Waals surface area contributed by atoms with E-state index < -0.39 is 10.0 Å². The van der Waals surface area contributed by atoms with E-state index in [0.29, 0.717) is 31.1 Å². The van der Waals surface area contributed by atoms with E-state index in [1.807, 2.05) is 26.0 Å². The van der Waals surface area contributed by atoms with Gasteiger partial charge in [-0.2, -0.15) is 0 Å². The van der Waals surface area contributed by atoms with Crippen molar-refractivity contribution >= 4 is 15.7 Å². The van der Waals surface area contributed by atoms with Gasteiger partial charge in [-0.1, -0.05) is 26.0 Å². The Kier molecular flexibility index (Phi) is 6.98. The standard InChI is InChI=1S/C14H24N2O3S/c1-12(2)15-9-3-11-20(18,19)16-14-6-4-13(5-7-14)8-10-17/h4-7,12,15-17H,3,8-11H2,1-2H3. The van der Waals surface area contributed by atoms with Crippen LogP contribution in [0.3, 0.4) is 0 Å². The number of sulfonamides is 1. The Balaban J connectivity index is 2.45. The van der Waals surface area contributed by atoms with Crippen LogP contribution in [0.15, 0.2) is 24.3 Å². The predicted octanol–water partition coefficient (Wildman–Crippen LogP) is 1.35. The summed E-state index contributed by atoms with van der Waals surface area (Å²) in [6.45, 7) is 4.84. The Labute approximate surface area is 121 Å². The van der Waals surface area contributed by atoms with Crippen molar-refractivity contribution in [2.24, 2.45) is 0 Å². The summed E-state index contributed by atoms with van der Waals surface area (Å²) in [4.78, 5) is 0. The second kappa shape index (κ2) is 8.24. The highest BCUT2D eigenvalue weighted by atomic mass is 32.2. The molecular formula is C14H24N2O3S. The molecule has 1 rings (SSSR count).